The minimum absolute atomic E-state index is 0.00435. The molecule has 2 rings (SSSR count). The number of aliphatic hydroxyl groups is 2. The molecule has 11 nitrogen and oxygen atoms in total. The molecule has 27 heavy (non-hydrogen) atoms. The molecule has 0 aliphatic carbocycles. The van der Waals surface area contributed by atoms with Gasteiger partial charge >= 0.3 is 6.03 Å². The van der Waals surface area contributed by atoms with E-state index < -0.39 is 22.8 Å². The van der Waals surface area contributed by atoms with Gasteiger partial charge in [-0.2, -0.15) is 0 Å². The summed E-state index contributed by atoms with van der Waals surface area (Å²) in [6.45, 7) is -0.128. The summed E-state index contributed by atoms with van der Waals surface area (Å²) < 4.78 is 0. The molecule has 1 aromatic rings. The molecule has 1 heterocycles. The van der Waals surface area contributed by atoms with Crippen molar-refractivity contribution in [3.63, 3.8) is 0 Å². The SMILES string of the molecule is O=C(NCCCN1C(=O)c2ccc([N+](=O)[O-])cc2C1=O)N(CCO)CCO. The number of nitrogens with zero attached hydrogens (tertiary/aromatic N) is 3. The molecule has 1 aliphatic rings. The number of hydrogen-bond donors (Lipinski definition) is 3. The topological polar surface area (TPSA) is 153 Å². The highest BCUT2D eigenvalue weighted by Gasteiger charge is 2.36. The van der Waals surface area contributed by atoms with Gasteiger partial charge in [0.2, 0.25) is 0 Å². The molecular formula is C16H20N4O7. The third kappa shape index (κ3) is 4.57. The van der Waals surface area contributed by atoms with Crippen LogP contribution in [-0.4, -0.2) is 82.2 Å². The largest absolute Gasteiger partial charge is 0.395 e. The summed E-state index contributed by atoms with van der Waals surface area (Å²) in [5.41, 5.74) is -0.154. The molecule has 0 fully saturated rings. The number of imide groups is 1. The van der Waals surface area contributed by atoms with Gasteiger partial charge in [-0.15, -0.1) is 0 Å². The van der Waals surface area contributed by atoms with Gasteiger partial charge in [-0.05, 0) is 12.5 Å². The van der Waals surface area contributed by atoms with Gasteiger partial charge in [-0.3, -0.25) is 24.6 Å². The number of aliphatic hydroxyl groups excluding tert-OH is 2. The Morgan fingerprint density at radius 1 is 1.15 bits per heavy atom. The third-order valence-electron chi connectivity index (χ3n) is 4.03. The van der Waals surface area contributed by atoms with Crippen molar-refractivity contribution in [1.82, 2.24) is 15.1 Å². The number of urea groups is 1. The van der Waals surface area contributed by atoms with Crippen LogP contribution in [0.15, 0.2) is 18.2 Å². The van der Waals surface area contributed by atoms with E-state index in [-0.39, 0.29) is 62.6 Å². The lowest BCUT2D eigenvalue weighted by Crippen LogP contribution is -2.43. The first-order chi connectivity index (χ1) is 12.9. The Balaban J connectivity index is 1.90. The zero-order chi connectivity index (χ0) is 20.0. The van der Waals surface area contributed by atoms with Gasteiger partial charge < -0.3 is 20.4 Å². The highest BCUT2D eigenvalue weighted by Crippen LogP contribution is 2.26. The van der Waals surface area contributed by atoms with E-state index in [9.17, 15) is 24.5 Å². The molecule has 1 aliphatic heterocycles. The van der Waals surface area contributed by atoms with Crippen LogP contribution in [0.2, 0.25) is 0 Å². The van der Waals surface area contributed by atoms with E-state index in [4.69, 9.17) is 10.2 Å². The number of nitro benzene ring substituents is 1. The lowest BCUT2D eigenvalue weighted by molar-refractivity contribution is -0.384. The second-order valence-corrected chi connectivity index (χ2v) is 5.77. The number of fused-ring (bicyclic) bond motifs is 1. The molecular weight excluding hydrogens is 360 g/mol. The fourth-order valence-electron chi connectivity index (χ4n) is 2.70. The average molecular weight is 380 g/mol. The van der Waals surface area contributed by atoms with E-state index in [0.717, 1.165) is 11.0 Å². The first-order valence-corrected chi connectivity index (χ1v) is 8.29. The summed E-state index contributed by atoms with van der Waals surface area (Å²) in [6.07, 6.45) is 0.283. The highest BCUT2D eigenvalue weighted by molar-refractivity contribution is 6.21. The number of amides is 4. The summed E-state index contributed by atoms with van der Waals surface area (Å²) >= 11 is 0. The average Bonchev–Trinajstić information content (AvgIpc) is 2.88. The molecule has 4 amide bonds. The van der Waals surface area contributed by atoms with Gasteiger partial charge in [-0.25, -0.2) is 4.79 Å². The van der Waals surface area contributed by atoms with Gasteiger partial charge in [0.05, 0.1) is 29.3 Å². The van der Waals surface area contributed by atoms with Gasteiger partial charge in [0.15, 0.2) is 0 Å². The monoisotopic (exact) mass is 380 g/mol. The number of nitro groups is 1. The van der Waals surface area contributed by atoms with Crippen molar-refractivity contribution in [1.29, 1.82) is 0 Å². The summed E-state index contributed by atoms with van der Waals surface area (Å²) in [5.74, 6) is -1.13. The maximum Gasteiger partial charge on any atom is 0.317 e. The van der Waals surface area contributed by atoms with Gasteiger partial charge in [-0.1, -0.05) is 0 Å². The predicted octanol–water partition coefficient (Wildman–Crippen LogP) is -0.423. The van der Waals surface area contributed by atoms with E-state index >= 15 is 0 Å². The van der Waals surface area contributed by atoms with Crippen molar-refractivity contribution < 1.29 is 29.5 Å². The molecule has 146 valence electrons. The highest BCUT2D eigenvalue weighted by atomic mass is 16.6. The lowest BCUT2D eigenvalue weighted by atomic mass is 10.1. The number of hydrogen-bond acceptors (Lipinski definition) is 7. The fourth-order valence-corrected chi connectivity index (χ4v) is 2.70. The fraction of sp³-hybridized carbons (Fsp3) is 0.438. The summed E-state index contributed by atoms with van der Waals surface area (Å²) in [4.78, 5) is 48.9. The number of nitrogens with one attached hydrogen (secondary N) is 1. The third-order valence-corrected chi connectivity index (χ3v) is 4.03. The number of carbonyl (C=O) groups is 3. The molecule has 0 spiro atoms. The maximum atomic E-state index is 12.3. The van der Waals surface area contributed by atoms with Crippen LogP contribution < -0.4 is 5.32 Å². The predicted molar refractivity (Wildman–Crippen MR) is 92.2 cm³/mol. The molecule has 0 saturated heterocycles. The Hall–Kier alpha value is -3.05. The van der Waals surface area contributed by atoms with E-state index in [1.54, 1.807) is 0 Å². The van der Waals surface area contributed by atoms with Crippen molar-refractivity contribution in [3.05, 3.63) is 39.4 Å². The summed E-state index contributed by atoms with van der Waals surface area (Å²) in [6, 6.07) is 3.04. The van der Waals surface area contributed by atoms with Gasteiger partial charge in [0.1, 0.15) is 0 Å². The normalized spacial score (nSPS) is 12.9. The van der Waals surface area contributed by atoms with Crippen LogP contribution in [0.25, 0.3) is 0 Å². The molecule has 11 heteroatoms. The van der Waals surface area contributed by atoms with Gasteiger partial charge in [0, 0.05) is 38.3 Å². The molecule has 0 radical (unpaired) electrons. The number of carbonyl (C=O) groups excluding carboxylic acids is 3. The molecule has 0 bridgehead atoms. The second kappa shape index (κ2) is 9.05. The van der Waals surface area contributed by atoms with E-state index in [0.29, 0.717) is 0 Å². The minimum atomic E-state index is -0.638. The van der Waals surface area contributed by atoms with Gasteiger partial charge in [0.25, 0.3) is 17.5 Å². The molecule has 0 saturated carbocycles. The smallest absolute Gasteiger partial charge is 0.317 e. The lowest BCUT2D eigenvalue weighted by Gasteiger charge is -2.21. The quantitative estimate of drug-likeness (QED) is 0.227. The molecule has 0 atom stereocenters. The molecule has 3 N–H and O–H groups in total. The summed E-state index contributed by atoms with van der Waals surface area (Å²) in [7, 11) is 0. The van der Waals surface area contributed by atoms with Crippen molar-refractivity contribution in [2.45, 2.75) is 6.42 Å². The number of non-ortho nitro benzene ring substituents is 1. The van der Waals surface area contributed by atoms with Crippen molar-refractivity contribution in [3.8, 4) is 0 Å². The van der Waals surface area contributed by atoms with Crippen molar-refractivity contribution >= 4 is 23.5 Å². The number of benzene rings is 1. The van der Waals surface area contributed by atoms with Crippen LogP contribution in [-0.2, 0) is 0 Å². The Bertz CT molecular complexity index is 746. The van der Waals surface area contributed by atoms with Crippen molar-refractivity contribution in [2.75, 3.05) is 39.4 Å². The standard InChI is InChI=1S/C16H20N4O7/c21-8-6-18(7-9-22)16(25)17-4-1-5-19-14(23)12-3-2-11(20(26)27)10-13(12)15(19)24/h2-3,10,21-22H,1,4-9H2,(H,17,25). The Morgan fingerprint density at radius 2 is 1.78 bits per heavy atom. The van der Waals surface area contributed by atoms with Crippen LogP contribution >= 0.6 is 0 Å². The number of rotatable bonds is 9. The van der Waals surface area contributed by atoms with Crippen LogP contribution in [0, 0.1) is 10.1 Å². The Kier molecular flexibility index (Phi) is 6.79. The van der Waals surface area contributed by atoms with Crippen LogP contribution in [0.1, 0.15) is 27.1 Å². The van der Waals surface area contributed by atoms with Crippen LogP contribution in [0.3, 0.4) is 0 Å². The first-order valence-electron chi connectivity index (χ1n) is 8.29. The van der Waals surface area contributed by atoms with Crippen LogP contribution in [0.5, 0.6) is 0 Å². The molecule has 1 aromatic carbocycles. The second-order valence-electron chi connectivity index (χ2n) is 5.77. The van der Waals surface area contributed by atoms with E-state index in [1.807, 2.05) is 0 Å². The van der Waals surface area contributed by atoms with E-state index in [2.05, 4.69) is 5.32 Å². The Morgan fingerprint density at radius 3 is 2.37 bits per heavy atom. The van der Waals surface area contributed by atoms with E-state index in [1.165, 1.54) is 17.0 Å². The Labute approximate surface area is 154 Å². The minimum Gasteiger partial charge on any atom is -0.395 e. The molecule has 0 unspecified atom stereocenters. The first kappa shape index (κ1) is 20.3. The van der Waals surface area contributed by atoms with Crippen molar-refractivity contribution in [2.24, 2.45) is 0 Å². The summed E-state index contributed by atoms with van der Waals surface area (Å²) in [5, 5.41) is 31.2. The maximum absolute atomic E-state index is 12.3. The van der Waals surface area contributed by atoms with Crippen LogP contribution in [0.4, 0.5) is 10.5 Å². The zero-order valence-electron chi connectivity index (χ0n) is 14.5. The molecule has 0 aromatic heterocycles. The zero-order valence-corrected chi connectivity index (χ0v) is 14.5.